The van der Waals surface area contributed by atoms with Crippen LogP contribution in [0.3, 0.4) is 0 Å². The number of carbonyl (C=O) groups excluding carboxylic acids is 4. The van der Waals surface area contributed by atoms with Crippen molar-refractivity contribution in [2.45, 2.75) is 101 Å². The van der Waals surface area contributed by atoms with Gasteiger partial charge in [-0.3, -0.25) is 0 Å². The summed E-state index contributed by atoms with van der Waals surface area (Å²) in [5, 5.41) is 0. The zero-order valence-corrected chi connectivity index (χ0v) is 33.9. The van der Waals surface area contributed by atoms with Gasteiger partial charge in [0, 0.05) is 0 Å². The first kappa shape index (κ1) is 42.2. The monoisotopic (exact) mass is 838 g/mol. The van der Waals surface area contributed by atoms with Crippen LogP contribution in [0.25, 0.3) is 0 Å². The third-order valence-corrected chi connectivity index (χ3v) is 10.5. The van der Waals surface area contributed by atoms with Crippen LogP contribution >= 0.6 is 0 Å². The SMILES string of the molecule is CC1(C)OCC([C@H]2O[C@@H]3OC(C)(C)OC3[C@@H]2OC2OC(COC(=O)c3ccccc3)C(OC(=O)c3ccccc3)C(OC(=O)c3ccccc3)C2OC(=O)c2ccccc2)O1. The Bertz CT molecular complexity index is 2150. The van der Waals surface area contributed by atoms with Gasteiger partial charge in [0.1, 0.15) is 37.1 Å². The van der Waals surface area contributed by atoms with E-state index in [1.54, 1.807) is 125 Å². The maximum atomic E-state index is 14.1. The van der Waals surface area contributed by atoms with Crippen LogP contribution in [0.1, 0.15) is 69.1 Å². The second kappa shape index (κ2) is 17.8. The minimum Gasteiger partial charge on any atom is -0.459 e. The average molecular weight is 839 g/mol. The first-order valence-electron chi connectivity index (χ1n) is 20.0. The molecular formula is C46H46O15. The van der Waals surface area contributed by atoms with Gasteiger partial charge in [0.05, 0.1) is 28.9 Å². The number of esters is 4. The molecule has 4 aliphatic rings. The average Bonchev–Trinajstić information content (AvgIpc) is 3.90. The molecule has 0 bridgehead atoms. The minimum absolute atomic E-state index is 0.130. The highest BCUT2D eigenvalue weighted by Gasteiger charge is 2.62. The summed E-state index contributed by atoms with van der Waals surface area (Å²) in [5.74, 6) is -5.25. The van der Waals surface area contributed by atoms with Crippen molar-refractivity contribution >= 4 is 23.9 Å². The van der Waals surface area contributed by atoms with Gasteiger partial charge in [-0.2, -0.15) is 0 Å². The molecule has 61 heavy (non-hydrogen) atoms. The fraction of sp³-hybridized carbons (Fsp3) is 0.391. The van der Waals surface area contributed by atoms with Crippen molar-refractivity contribution in [1.29, 1.82) is 0 Å². The summed E-state index contributed by atoms with van der Waals surface area (Å²) in [7, 11) is 0. The maximum absolute atomic E-state index is 14.1. The van der Waals surface area contributed by atoms with Gasteiger partial charge in [-0.25, -0.2) is 19.2 Å². The van der Waals surface area contributed by atoms with Crippen LogP contribution in [0, 0.1) is 0 Å². The van der Waals surface area contributed by atoms with Crippen molar-refractivity contribution in [3.63, 3.8) is 0 Å². The van der Waals surface area contributed by atoms with E-state index in [-0.39, 0.29) is 28.9 Å². The molecule has 4 aliphatic heterocycles. The van der Waals surface area contributed by atoms with E-state index in [1.165, 1.54) is 24.3 Å². The van der Waals surface area contributed by atoms with Gasteiger partial charge < -0.3 is 52.1 Å². The fourth-order valence-electron chi connectivity index (χ4n) is 7.63. The summed E-state index contributed by atoms with van der Waals surface area (Å²) in [6, 6.07) is 32.6. The molecule has 0 radical (unpaired) electrons. The van der Waals surface area contributed by atoms with Gasteiger partial charge in [-0.05, 0) is 76.2 Å². The standard InChI is InChI=1S/C46H46O15/c1-45(2)52-26-32(59-45)34-36(38-44(57-34)61-46(3,4)60-38)58-43-37(56-42(50)30-23-15-8-16-24-30)35(55-41(49)29-21-13-7-14-22-29)33(54-40(48)28-19-11-6-12-20-28)31(53-43)25-51-39(47)27-17-9-5-10-18-27/h5-24,31-38,43-44H,25-26H2,1-4H3/t31?,32?,33?,34-,35?,36-,37?,38?,43?,44-/m1/s1. The van der Waals surface area contributed by atoms with Crippen LogP contribution in [0.15, 0.2) is 121 Å². The minimum atomic E-state index is -1.64. The summed E-state index contributed by atoms with van der Waals surface area (Å²) in [6.07, 6.45) is -12.2. The van der Waals surface area contributed by atoms with Crippen molar-refractivity contribution in [2.75, 3.05) is 13.2 Å². The lowest BCUT2D eigenvalue weighted by Crippen LogP contribution is -2.64. The highest BCUT2D eigenvalue weighted by molar-refractivity contribution is 5.91. The van der Waals surface area contributed by atoms with Crippen molar-refractivity contribution in [1.82, 2.24) is 0 Å². The third-order valence-electron chi connectivity index (χ3n) is 10.5. The Morgan fingerprint density at radius 3 is 1.49 bits per heavy atom. The van der Waals surface area contributed by atoms with Crippen LogP contribution in [-0.4, -0.2) is 110 Å². The maximum Gasteiger partial charge on any atom is 0.338 e. The predicted octanol–water partition coefficient (Wildman–Crippen LogP) is 5.66. The number of benzene rings is 4. The van der Waals surface area contributed by atoms with E-state index in [4.69, 9.17) is 52.1 Å². The number of ether oxygens (including phenoxy) is 11. The number of fused-ring (bicyclic) bond motifs is 1. The van der Waals surface area contributed by atoms with Crippen LogP contribution in [0.4, 0.5) is 0 Å². The fourth-order valence-corrected chi connectivity index (χ4v) is 7.63. The molecule has 0 N–H and O–H groups in total. The van der Waals surface area contributed by atoms with E-state index in [0.29, 0.717) is 0 Å². The summed E-state index contributed by atoms with van der Waals surface area (Å²) in [6.45, 7) is 6.58. The molecule has 0 spiro atoms. The summed E-state index contributed by atoms with van der Waals surface area (Å²) >= 11 is 0. The summed E-state index contributed by atoms with van der Waals surface area (Å²) in [5.41, 5.74) is 0.699. The van der Waals surface area contributed by atoms with Crippen molar-refractivity contribution in [3.8, 4) is 0 Å². The van der Waals surface area contributed by atoms with E-state index in [2.05, 4.69) is 0 Å². The second-order valence-corrected chi connectivity index (χ2v) is 15.8. The molecule has 4 heterocycles. The Hall–Kier alpha value is -5.52. The molecule has 4 aromatic rings. The summed E-state index contributed by atoms with van der Waals surface area (Å²) in [4.78, 5) is 55.4. The molecule has 4 saturated heterocycles. The van der Waals surface area contributed by atoms with Gasteiger partial charge in [0.15, 0.2) is 42.5 Å². The predicted molar refractivity (Wildman–Crippen MR) is 211 cm³/mol. The normalized spacial score (nSPS) is 29.8. The summed E-state index contributed by atoms with van der Waals surface area (Å²) < 4.78 is 68.8. The molecule has 0 saturated carbocycles. The van der Waals surface area contributed by atoms with Crippen LogP contribution in [0.5, 0.6) is 0 Å². The Morgan fingerprint density at radius 2 is 1.00 bits per heavy atom. The van der Waals surface area contributed by atoms with Crippen molar-refractivity contribution < 1.29 is 71.3 Å². The van der Waals surface area contributed by atoms with E-state index < -0.39 is 103 Å². The van der Waals surface area contributed by atoms with Crippen molar-refractivity contribution in [2.24, 2.45) is 0 Å². The van der Waals surface area contributed by atoms with Gasteiger partial charge in [0.25, 0.3) is 0 Å². The van der Waals surface area contributed by atoms with Crippen molar-refractivity contribution in [3.05, 3.63) is 144 Å². The second-order valence-electron chi connectivity index (χ2n) is 15.8. The van der Waals surface area contributed by atoms with E-state index in [9.17, 15) is 19.2 Å². The van der Waals surface area contributed by atoms with E-state index >= 15 is 0 Å². The van der Waals surface area contributed by atoms with Crippen LogP contribution in [-0.2, 0) is 52.1 Å². The molecule has 0 aromatic heterocycles. The smallest absolute Gasteiger partial charge is 0.338 e. The lowest BCUT2D eigenvalue weighted by molar-refractivity contribution is -0.322. The quantitative estimate of drug-likeness (QED) is 0.126. The number of carbonyl (C=O) groups is 4. The van der Waals surface area contributed by atoms with Gasteiger partial charge >= 0.3 is 23.9 Å². The molecule has 8 rings (SSSR count). The zero-order chi connectivity index (χ0) is 42.7. The number of hydrogen-bond donors (Lipinski definition) is 0. The van der Waals surface area contributed by atoms with Gasteiger partial charge in [0.2, 0.25) is 0 Å². The first-order chi connectivity index (χ1) is 29.3. The van der Waals surface area contributed by atoms with E-state index in [0.717, 1.165) is 0 Å². The molecule has 0 aliphatic carbocycles. The van der Waals surface area contributed by atoms with Gasteiger partial charge in [-0.1, -0.05) is 72.8 Å². The van der Waals surface area contributed by atoms with Crippen LogP contribution < -0.4 is 0 Å². The first-order valence-corrected chi connectivity index (χ1v) is 20.0. The molecule has 0 amide bonds. The highest BCUT2D eigenvalue weighted by Crippen LogP contribution is 2.44. The molecule has 15 nitrogen and oxygen atoms in total. The molecule has 10 atom stereocenters. The Kier molecular flexibility index (Phi) is 12.3. The Labute approximate surface area is 352 Å². The molecule has 7 unspecified atom stereocenters. The largest absolute Gasteiger partial charge is 0.459 e. The number of hydrogen-bond acceptors (Lipinski definition) is 15. The number of rotatable bonds is 12. The molecule has 4 aromatic carbocycles. The Morgan fingerprint density at radius 1 is 0.525 bits per heavy atom. The molecule has 4 fully saturated rings. The molecular weight excluding hydrogens is 792 g/mol. The third kappa shape index (κ3) is 9.68. The van der Waals surface area contributed by atoms with Crippen LogP contribution in [0.2, 0.25) is 0 Å². The molecule has 320 valence electrons. The highest BCUT2D eigenvalue weighted by atomic mass is 16.9. The topological polar surface area (TPSA) is 170 Å². The Balaban J connectivity index is 1.21. The lowest BCUT2D eigenvalue weighted by atomic mass is 9.97. The molecule has 15 heteroatoms. The van der Waals surface area contributed by atoms with Gasteiger partial charge in [-0.15, -0.1) is 0 Å². The van der Waals surface area contributed by atoms with E-state index in [1.807, 2.05) is 0 Å². The zero-order valence-electron chi connectivity index (χ0n) is 33.9. The lowest BCUT2D eigenvalue weighted by Gasteiger charge is -2.45.